The van der Waals surface area contributed by atoms with Crippen LogP contribution < -0.4 is 19.5 Å². The molecule has 0 radical (unpaired) electrons. The van der Waals surface area contributed by atoms with E-state index in [-0.39, 0.29) is 6.01 Å². The fraction of sp³-hybridized carbons (Fsp3) is 0.200. The molecule has 1 heterocycles. The number of nitrogens with one attached hydrogen (secondary N) is 1. The quantitative estimate of drug-likeness (QED) is 0.688. The second kappa shape index (κ2) is 8.20. The highest BCUT2D eigenvalue weighted by molar-refractivity contribution is 5.46. The van der Waals surface area contributed by atoms with Crippen molar-refractivity contribution >= 4 is 5.69 Å². The Bertz CT molecular complexity index is 844. The number of aromatic nitrogens is 2. The molecule has 6 heteroatoms. The first kappa shape index (κ1) is 17.5. The van der Waals surface area contributed by atoms with E-state index in [1.165, 1.54) is 19.8 Å². The minimum atomic E-state index is 0.173. The number of nitrogens with zero attached hydrogens (tertiary/aromatic N) is 2. The van der Waals surface area contributed by atoms with E-state index in [0.29, 0.717) is 17.5 Å². The van der Waals surface area contributed by atoms with Crippen LogP contribution in [-0.2, 0) is 6.54 Å². The van der Waals surface area contributed by atoms with Gasteiger partial charge in [-0.05, 0) is 42.3 Å². The molecule has 3 aromatic rings. The van der Waals surface area contributed by atoms with Crippen molar-refractivity contribution < 1.29 is 14.2 Å². The minimum absolute atomic E-state index is 0.173. The van der Waals surface area contributed by atoms with Crippen LogP contribution in [0.4, 0.5) is 5.69 Å². The van der Waals surface area contributed by atoms with Crippen molar-refractivity contribution in [2.45, 2.75) is 13.5 Å². The van der Waals surface area contributed by atoms with Gasteiger partial charge in [0.25, 0.3) is 0 Å². The maximum atomic E-state index is 5.69. The maximum absolute atomic E-state index is 5.69. The van der Waals surface area contributed by atoms with Crippen molar-refractivity contribution in [3.63, 3.8) is 0 Å². The van der Waals surface area contributed by atoms with Crippen LogP contribution in [0.25, 0.3) is 0 Å². The molecule has 0 saturated heterocycles. The average Bonchev–Trinajstić information content (AvgIpc) is 2.67. The number of aryl methyl sites for hydroxylation is 1. The van der Waals surface area contributed by atoms with E-state index >= 15 is 0 Å². The molecule has 6 nitrogen and oxygen atoms in total. The zero-order valence-electron chi connectivity index (χ0n) is 15.0. The molecule has 0 saturated carbocycles. The highest BCUT2D eigenvalue weighted by atomic mass is 16.5. The molecular formula is C20H21N3O3. The van der Waals surface area contributed by atoms with Gasteiger partial charge in [0.2, 0.25) is 11.8 Å². The molecule has 0 atom stereocenters. The van der Waals surface area contributed by atoms with Crippen LogP contribution in [0.2, 0.25) is 0 Å². The van der Waals surface area contributed by atoms with Gasteiger partial charge in [-0.3, -0.25) is 0 Å². The lowest BCUT2D eigenvalue weighted by Crippen LogP contribution is -2.00. The van der Waals surface area contributed by atoms with E-state index in [1.807, 2.05) is 30.3 Å². The van der Waals surface area contributed by atoms with Crippen LogP contribution in [-0.4, -0.2) is 24.2 Å². The molecule has 2 aromatic carbocycles. The standard InChI is InChI=1S/C20H21N3O3/c1-14-5-4-6-16(11-14)21-13-15-7-9-17(10-8-15)26-20-22-18(24-2)12-19(23-20)25-3/h4-12,21H,13H2,1-3H3. The second-order valence-electron chi connectivity index (χ2n) is 5.70. The molecule has 134 valence electrons. The Kier molecular flexibility index (Phi) is 5.53. The minimum Gasteiger partial charge on any atom is -0.481 e. The molecular weight excluding hydrogens is 330 g/mol. The summed E-state index contributed by atoms with van der Waals surface area (Å²) in [6, 6.07) is 17.8. The molecule has 1 aromatic heterocycles. The Morgan fingerprint density at radius 3 is 2.19 bits per heavy atom. The fourth-order valence-electron chi connectivity index (χ4n) is 2.38. The monoisotopic (exact) mass is 351 g/mol. The summed E-state index contributed by atoms with van der Waals surface area (Å²) < 4.78 is 15.9. The molecule has 26 heavy (non-hydrogen) atoms. The van der Waals surface area contributed by atoms with Gasteiger partial charge in [0.05, 0.1) is 20.3 Å². The molecule has 0 unspecified atom stereocenters. The SMILES string of the molecule is COc1cc(OC)nc(Oc2ccc(CNc3cccc(C)c3)cc2)n1. The highest BCUT2D eigenvalue weighted by Gasteiger charge is 2.07. The van der Waals surface area contributed by atoms with E-state index in [9.17, 15) is 0 Å². The van der Waals surface area contributed by atoms with Gasteiger partial charge < -0.3 is 19.5 Å². The van der Waals surface area contributed by atoms with Crippen LogP contribution in [0.3, 0.4) is 0 Å². The van der Waals surface area contributed by atoms with Crippen molar-refractivity contribution in [2.24, 2.45) is 0 Å². The molecule has 0 aliphatic heterocycles. The van der Waals surface area contributed by atoms with Crippen LogP contribution >= 0.6 is 0 Å². The fourth-order valence-corrected chi connectivity index (χ4v) is 2.38. The highest BCUT2D eigenvalue weighted by Crippen LogP contribution is 2.24. The van der Waals surface area contributed by atoms with Gasteiger partial charge in [-0.25, -0.2) is 0 Å². The summed E-state index contributed by atoms with van der Waals surface area (Å²) in [5.41, 5.74) is 3.47. The lowest BCUT2D eigenvalue weighted by atomic mass is 10.2. The van der Waals surface area contributed by atoms with Crippen molar-refractivity contribution in [3.05, 3.63) is 65.7 Å². The van der Waals surface area contributed by atoms with Crippen molar-refractivity contribution in [3.8, 4) is 23.5 Å². The molecule has 0 amide bonds. The smallest absolute Gasteiger partial charge is 0.328 e. The first-order valence-electron chi connectivity index (χ1n) is 8.20. The van der Waals surface area contributed by atoms with Crippen LogP contribution in [0.1, 0.15) is 11.1 Å². The van der Waals surface area contributed by atoms with E-state index in [0.717, 1.165) is 17.8 Å². The number of rotatable bonds is 7. The summed E-state index contributed by atoms with van der Waals surface area (Å²) in [6.07, 6.45) is 0. The van der Waals surface area contributed by atoms with Gasteiger partial charge in [-0.1, -0.05) is 24.3 Å². The van der Waals surface area contributed by atoms with E-state index in [2.05, 4.69) is 40.4 Å². The van der Waals surface area contributed by atoms with Gasteiger partial charge in [0, 0.05) is 12.2 Å². The summed E-state index contributed by atoms with van der Waals surface area (Å²) in [6.45, 7) is 2.81. The van der Waals surface area contributed by atoms with Crippen LogP contribution in [0, 0.1) is 6.92 Å². The number of methoxy groups -OCH3 is 2. The molecule has 0 aliphatic carbocycles. The first-order chi connectivity index (χ1) is 12.7. The summed E-state index contributed by atoms with van der Waals surface area (Å²) in [7, 11) is 3.06. The number of benzene rings is 2. The lowest BCUT2D eigenvalue weighted by molar-refractivity contribution is 0.348. The van der Waals surface area contributed by atoms with Crippen molar-refractivity contribution in [1.29, 1.82) is 0 Å². The summed E-state index contributed by atoms with van der Waals surface area (Å²) in [5.74, 6) is 1.40. The van der Waals surface area contributed by atoms with Gasteiger partial charge in [-0.2, -0.15) is 9.97 Å². The van der Waals surface area contributed by atoms with Crippen molar-refractivity contribution in [2.75, 3.05) is 19.5 Å². The summed E-state index contributed by atoms with van der Waals surface area (Å²) >= 11 is 0. The van der Waals surface area contributed by atoms with Gasteiger partial charge in [-0.15, -0.1) is 0 Å². The third-order valence-corrected chi connectivity index (χ3v) is 3.72. The molecule has 0 spiro atoms. The van der Waals surface area contributed by atoms with Gasteiger partial charge in [0.1, 0.15) is 5.75 Å². The molecule has 0 bridgehead atoms. The largest absolute Gasteiger partial charge is 0.481 e. The third kappa shape index (κ3) is 4.63. The molecule has 3 rings (SSSR count). The maximum Gasteiger partial charge on any atom is 0.328 e. The molecule has 0 fully saturated rings. The predicted molar refractivity (Wildman–Crippen MR) is 100 cm³/mol. The van der Waals surface area contributed by atoms with E-state index in [4.69, 9.17) is 14.2 Å². The third-order valence-electron chi connectivity index (χ3n) is 3.72. The summed E-state index contributed by atoms with van der Waals surface area (Å²) in [5, 5.41) is 3.40. The zero-order chi connectivity index (χ0) is 18.4. The van der Waals surface area contributed by atoms with E-state index < -0.39 is 0 Å². The van der Waals surface area contributed by atoms with Crippen LogP contribution in [0.15, 0.2) is 54.6 Å². The molecule has 0 aliphatic rings. The molecule has 1 N–H and O–H groups in total. The number of anilines is 1. The summed E-state index contributed by atoms with van der Waals surface area (Å²) in [4.78, 5) is 8.31. The topological polar surface area (TPSA) is 65.5 Å². The Morgan fingerprint density at radius 1 is 0.885 bits per heavy atom. The Morgan fingerprint density at radius 2 is 1.58 bits per heavy atom. The van der Waals surface area contributed by atoms with Gasteiger partial charge in [0.15, 0.2) is 0 Å². The predicted octanol–water partition coefficient (Wildman–Crippen LogP) is 4.21. The number of hydrogen-bond acceptors (Lipinski definition) is 6. The number of hydrogen-bond donors (Lipinski definition) is 1. The Balaban J connectivity index is 1.64. The van der Waals surface area contributed by atoms with Crippen LogP contribution in [0.5, 0.6) is 23.5 Å². The second-order valence-corrected chi connectivity index (χ2v) is 5.70. The first-order valence-corrected chi connectivity index (χ1v) is 8.20. The normalized spacial score (nSPS) is 10.3. The Labute approximate surface area is 152 Å². The zero-order valence-corrected chi connectivity index (χ0v) is 15.0. The van der Waals surface area contributed by atoms with E-state index in [1.54, 1.807) is 6.07 Å². The Hall–Kier alpha value is -3.28. The lowest BCUT2D eigenvalue weighted by Gasteiger charge is -2.09. The average molecular weight is 351 g/mol. The number of ether oxygens (including phenoxy) is 3. The van der Waals surface area contributed by atoms with Crippen molar-refractivity contribution in [1.82, 2.24) is 9.97 Å². The van der Waals surface area contributed by atoms with Gasteiger partial charge >= 0.3 is 6.01 Å².